The second-order valence-corrected chi connectivity index (χ2v) is 11.0. The number of allylic oxidation sites excluding steroid dienone is 1. The van der Waals surface area contributed by atoms with Crippen LogP contribution in [0.5, 0.6) is 0 Å². The van der Waals surface area contributed by atoms with Crippen LogP contribution in [0.15, 0.2) is 16.5 Å². The lowest BCUT2D eigenvalue weighted by Crippen LogP contribution is -2.34. The lowest BCUT2D eigenvalue weighted by atomic mass is 9.65. The summed E-state index contributed by atoms with van der Waals surface area (Å²) in [5.74, 6) is -3.91. The van der Waals surface area contributed by atoms with Gasteiger partial charge in [0, 0.05) is 56.8 Å². The minimum Gasteiger partial charge on any atom is -0.478 e. The Hall–Kier alpha value is -1.93. The van der Waals surface area contributed by atoms with Gasteiger partial charge in [-0.25, -0.2) is 18.6 Å². The molecule has 4 aliphatic carbocycles. The fourth-order valence-electron chi connectivity index (χ4n) is 5.47. The molecule has 2 aromatic rings. The van der Waals surface area contributed by atoms with Crippen molar-refractivity contribution in [3.63, 3.8) is 0 Å². The third-order valence-electron chi connectivity index (χ3n) is 6.84. The number of carbonyl (C=O) groups is 2. The molecule has 8 heteroatoms. The molecule has 164 valence electrons. The predicted octanol–water partition coefficient (Wildman–Crippen LogP) is 5.62. The maximum atomic E-state index is 14.1. The van der Waals surface area contributed by atoms with Crippen molar-refractivity contribution < 1.29 is 23.5 Å². The summed E-state index contributed by atoms with van der Waals surface area (Å²) in [5.41, 5.74) is 3.37. The first-order chi connectivity index (χ1) is 14.7. The molecule has 2 aromatic heterocycles. The molecule has 0 amide bonds. The highest BCUT2D eigenvalue weighted by Gasteiger charge is 2.42. The van der Waals surface area contributed by atoms with Crippen LogP contribution in [0.3, 0.4) is 0 Å². The first kappa shape index (κ1) is 20.9. The van der Waals surface area contributed by atoms with Crippen LogP contribution in [0.1, 0.15) is 53.1 Å². The van der Waals surface area contributed by atoms with Gasteiger partial charge in [-0.1, -0.05) is 0 Å². The van der Waals surface area contributed by atoms with Gasteiger partial charge in [0.2, 0.25) is 0 Å². The van der Waals surface area contributed by atoms with E-state index in [2.05, 4.69) is 4.98 Å². The van der Waals surface area contributed by atoms with Crippen molar-refractivity contribution in [2.75, 3.05) is 0 Å². The summed E-state index contributed by atoms with van der Waals surface area (Å²) in [4.78, 5) is 31.3. The fourth-order valence-corrected chi connectivity index (χ4v) is 7.86. The van der Waals surface area contributed by atoms with Gasteiger partial charge in [0.05, 0.1) is 0 Å². The van der Waals surface area contributed by atoms with Crippen LogP contribution in [0.2, 0.25) is 0 Å². The third kappa shape index (κ3) is 3.67. The van der Waals surface area contributed by atoms with Gasteiger partial charge in [0.15, 0.2) is 5.78 Å². The summed E-state index contributed by atoms with van der Waals surface area (Å²) in [7, 11) is 0. The molecule has 1 saturated carbocycles. The largest absolute Gasteiger partial charge is 0.478 e. The van der Waals surface area contributed by atoms with Crippen LogP contribution in [-0.2, 0) is 28.9 Å². The van der Waals surface area contributed by atoms with E-state index >= 15 is 0 Å². The number of aliphatic carboxylic acids is 1. The van der Waals surface area contributed by atoms with Gasteiger partial charge in [0.25, 0.3) is 5.92 Å². The quantitative estimate of drug-likeness (QED) is 0.625. The van der Waals surface area contributed by atoms with Crippen molar-refractivity contribution in [3.8, 4) is 10.6 Å². The Labute approximate surface area is 187 Å². The maximum absolute atomic E-state index is 14.1. The molecular formula is C23H23F2NO3S2. The maximum Gasteiger partial charge on any atom is 0.332 e. The number of thiophene rings is 1. The number of aromatic nitrogens is 1. The molecule has 0 saturated heterocycles. The van der Waals surface area contributed by atoms with Gasteiger partial charge in [-0.3, -0.25) is 4.79 Å². The summed E-state index contributed by atoms with van der Waals surface area (Å²) < 4.78 is 28.2. The van der Waals surface area contributed by atoms with E-state index in [1.807, 2.05) is 12.3 Å². The first-order valence-electron chi connectivity index (χ1n) is 10.7. The lowest BCUT2D eigenvalue weighted by Gasteiger charge is -2.38. The molecule has 31 heavy (non-hydrogen) atoms. The molecule has 4 nitrogen and oxygen atoms in total. The predicted molar refractivity (Wildman–Crippen MR) is 116 cm³/mol. The molecule has 1 fully saturated rings. The number of carbonyl (C=O) groups excluding carboxylic acids is 1. The van der Waals surface area contributed by atoms with Crippen molar-refractivity contribution >= 4 is 34.4 Å². The molecule has 4 aliphatic rings. The van der Waals surface area contributed by atoms with E-state index in [9.17, 15) is 23.5 Å². The summed E-state index contributed by atoms with van der Waals surface area (Å²) >= 11 is 2.75. The number of carboxylic acid groups (broad SMARTS) is 1. The van der Waals surface area contributed by atoms with Crippen molar-refractivity contribution in [2.24, 2.45) is 11.8 Å². The number of aryl methyl sites for hydroxylation is 1. The number of rotatable bonds is 5. The fraction of sp³-hybridized carbons (Fsp3) is 0.522. The second-order valence-electron chi connectivity index (χ2n) is 8.91. The van der Waals surface area contributed by atoms with Crippen molar-refractivity contribution in [3.05, 3.63) is 37.5 Å². The molecule has 2 bridgehead atoms. The SMILES string of the molecule is Cc1csc(-c2c(CC(=O)C3=C(C(=O)O)C4CCC3CC4)sc3c2CCC(F)(F)C3)n1. The van der Waals surface area contributed by atoms with Crippen LogP contribution < -0.4 is 0 Å². The topological polar surface area (TPSA) is 67.3 Å². The van der Waals surface area contributed by atoms with Crippen molar-refractivity contribution in [2.45, 2.75) is 64.2 Å². The summed E-state index contributed by atoms with van der Waals surface area (Å²) in [5, 5.41) is 12.5. The molecular weight excluding hydrogens is 440 g/mol. The highest BCUT2D eigenvalue weighted by Crippen LogP contribution is 2.48. The average Bonchev–Trinajstić information content (AvgIpc) is 3.29. The Morgan fingerprint density at radius 3 is 2.48 bits per heavy atom. The third-order valence-corrected chi connectivity index (χ3v) is 9.05. The van der Waals surface area contributed by atoms with Gasteiger partial charge in [-0.15, -0.1) is 22.7 Å². The van der Waals surface area contributed by atoms with E-state index in [0.29, 0.717) is 16.0 Å². The molecule has 0 unspecified atom stereocenters. The minimum absolute atomic E-state index is 0.00748. The molecule has 2 heterocycles. The molecule has 0 atom stereocenters. The number of nitrogens with zero attached hydrogens (tertiary/aromatic N) is 1. The van der Waals surface area contributed by atoms with Gasteiger partial charge in [-0.05, 0) is 56.4 Å². The molecule has 0 radical (unpaired) electrons. The van der Waals surface area contributed by atoms with E-state index in [0.717, 1.165) is 52.4 Å². The van der Waals surface area contributed by atoms with Gasteiger partial charge >= 0.3 is 5.97 Å². The summed E-state index contributed by atoms with van der Waals surface area (Å²) in [6, 6.07) is 0. The van der Waals surface area contributed by atoms with Crippen LogP contribution in [0, 0.1) is 18.8 Å². The van der Waals surface area contributed by atoms with Crippen LogP contribution in [0.25, 0.3) is 10.6 Å². The standard InChI is InChI=1S/C23H23F2NO3S2/c1-11-10-30-21(26-11)20-14-6-7-23(24,25)9-17(14)31-16(20)8-15(27)18-12-2-4-13(5-3-12)19(18)22(28)29/h10,12-13H,2-9H2,1H3,(H,28,29). The van der Waals surface area contributed by atoms with Gasteiger partial charge in [0.1, 0.15) is 5.01 Å². The van der Waals surface area contributed by atoms with Gasteiger partial charge in [-0.2, -0.15) is 0 Å². The van der Waals surface area contributed by atoms with E-state index in [-0.39, 0.29) is 43.3 Å². The molecule has 1 N–H and O–H groups in total. The van der Waals surface area contributed by atoms with Crippen molar-refractivity contribution in [1.82, 2.24) is 4.98 Å². The number of halogens is 2. The average molecular weight is 464 g/mol. The number of hydrogen-bond donors (Lipinski definition) is 1. The monoisotopic (exact) mass is 463 g/mol. The highest BCUT2D eigenvalue weighted by atomic mass is 32.1. The van der Waals surface area contributed by atoms with Crippen LogP contribution >= 0.6 is 22.7 Å². The number of alkyl halides is 2. The number of thiazole rings is 1. The zero-order valence-corrected chi connectivity index (χ0v) is 18.8. The molecule has 0 aliphatic heterocycles. The molecule has 0 aromatic carbocycles. The van der Waals surface area contributed by atoms with Crippen molar-refractivity contribution in [1.29, 1.82) is 0 Å². The van der Waals surface area contributed by atoms with Crippen LogP contribution in [-0.4, -0.2) is 27.8 Å². The Kier molecular flexibility index (Phi) is 5.13. The highest BCUT2D eigenvalue weighted by molar-refractivity contribution is 7.15. The van der Waals surface area contributed by atoms with Crippen LogP contribution in [0.4, 0.5) is 8.78 Å². The minimum atomic E-state index is -2.73. The second kappa shape index (κ2) is 7.59. The number of Topliss-reactive ketones (excluding diaryl/α,β-unsaturated/α-hetero) is 1. The van der Waals surface area contributed by atoms with E-state index in [1.54, 1.807) is 0 Å². The number of fused-ring (bicyclic) bond motifs is 3. The van der Waals surface area contributed by atoms with E-state index in [1.165, 1.54) is 22.7 Å². The Bertz CT molecular complexity index is 1110. The summed E-state index contributed by atoms with van der Waals surface area (Å²) in [6.07, 6.45) is 3.21. The first-order valence-corrected chi connectivity index (χ1v) is 12.4. The molecule has 0 spiro atoms. The zero-order valence-electron chi connectivity index (χ0n) is 17.2. The zero-order chi connectivity index (χ0) is 21.9. The smallest absolute Gasteiger partial charge is 0.332 e. The Morgan fingerprint density at radius 1 is 1.19 bits per heavy atom. The van der Waals surface area contributed by atoms with E-state index in [4.69, 9.17) is 0 Å². The Balaban J connectivity index is 1.56. The summed E-state index contributed by atoms with van der Waals surface area (Å²) in [6.45, 7) is 1.89. The lowest BCUT2D eigenvalue weighted by molar-refractivity contribution is -0.134. The molecule has 6 rings (SSSR count). The Morgan fingerprint density at radius 2 is 1.87 bits per heavy atom. The number of ketones is 1. The van der Waals surface area contributed by atoms with E-state index < -0.39 is 11.9 Å². The number of hydrogen-bond acceptors (Lipinski definition) is 5. The number of carboxylic acids is 1. The normalized spacial score (nSPS) is 24.4. The van der Waals surface area contributed by atoms with Gasteiger partial charge < -0.3 is 5.11 Å².